The summed E-state index contributed by atoms with van der Waals surface area (Å²) in [6.07, 6.45) is 6.15. The van der Waals surface area contributed by atoms with Crippen molar-refractivity contribution in [2.45, 2.75) is 37.8 Å². The van der Waals surface area contributed by atoms with Crippen LogP contribution in [0.4, 0.5) is 0 Å². The van der Waals surface area contributed by atoms with Crippen LogP contribution in [0, 0.1) is 11.3 Å². The molecule has 5 rings (SSSR count). The molecule has 0 radical (unpaired) electrons. The molecule has 0 unspecified atom stereocenters. The lowest BCUT2D eigenvalue weighted by molar-refractivity contribution is 0.00665. The van der Waals surface area contributed by atoms with E-state index in [0.717, 1.165) is 74.0 Å². The Bertz CT molecular complexity index is 1150. The van der Waals surface area contributed by atoms with Crippen LogP contribution in [0.25, 0.3) is 22.0 Å². The van der Waals surface area contributed by atoms with Gasteiger partial charge in [0.05, 0.1) is 30.4 Å². The Kier molecular flexibility index (Phi) is 5.93. The van der Waals surface area contributed by atoms with Crippen LogP contribution in [0.15, 0.2) is 48.7 Å². The second kappa shape index (κ2) is 9.15. The van der Waals surface area contributed by atoms with Gasteiger partial charge in [-0.3, -0.25) is 9.69 Å². The molecule has 2 aliphatic rings. The number of aromatic nitrogens is 1. The second-order valence-electron chi connectivity index (χ2n) is 8.79. The maximum atomic E-state index is 13.2. The van der Waals surface area contributed by atoms with Crippen molar-refractivity contribution < 1.29 is 9.53 Å². The summed E-state index contributed by atoms with van der Waals surface area (Å²) in [4.78, 5) is 19.0. The van der Waals surface area contributed by atoms with Crippen molar-refractivity contribution in [3.8, 4) is 17.2 Å². The first-order valence-corrected chi connectivity index (χ1v) is 11.5. The number of fused-ring (bicyclic) bond motifs is 1. The minimum absolute atomic E-state index is 0.0272. The molecule has 6 heteroatoms. The SMILES string of the molecule is N#Cc1cccc(-c2cc(C(=O)NC3CCC(N4CCOCC4)CC3)cc3cc[nH]c23)c1. The number of nitrogens with one attached hydrogen (secondary N) is 2. The number of amides is 1. The molecular formula is C26H28N4O2. The van der Waals surface area contributed by atoms with E-state index in [1.807, 2.05) is 42.6 Å². The molecule has 2 N–H and O–H groups in total. The molecule has 32 heavy (non-hydrogen) atoms. The zero-order valence-corrected chi connectivity index (χ0v) is 18.1. The molecule has 1 saturated heterocycles. The number of hydrogen-bond acceptors (Lipinski definition) is 4. The maximum Gasteiger partial charge on any atom is 0.251 e. The van der Waals surface area contributed by atoms with Crippen LogP contribution < -0.4 is 5.32 Å². The highest BCUT2D eigenvalue weighted by atomic mass is 16.5. The van der Waals surface area contributed by atoms with E-state index in [1.54, 1.807) is 6.07 Å². The van der Waals surface area contributed by atoms with Crippen LogP contribution in [0.3, 0.4) is 0 Å². The van der Waals surface area contributed by atoms with E-state index in [-0.39, 0.29) is 11.9 Å². The van der Waals surface area contributed by atoms with E-state index in [9.17, 15) is 10.1 Å². The van der Waals surface area contributed by atoms with Gasteiger partial charge >= 0.3 is 0 Å². The quantitative estimate of drug-likeness (QED) is 0.656. The number of nitrogens with zero attached hydrogens (tertiary/aromatic N) is 2. The summed E-state index contributed by atoms with van der Waals surface area (Å²) in [5.41, 5.74) is 4.10. The number of aromatic amines is 1. The monoisotopic (exact) mass is 428 g/mol. The molecule has 2 fully saturated rings. The van der Waals surface area contributed by atoms with Gasteiger partial charge in [-0.1, -0.05) is 12.1 Å². The molecule has 0 bridgehead atoms. The normalized spacial score (nSPS) is 21.8. The van der Waals surface area contributed by atoms with Crippen molar-refractivity contribution in [2.24, 2.45) is 0 Å². The minimum Gasteiger partial charge on any atom is -0.379 e. The molecule has 0 atom stereocenters. The van der Waals surface area contributed by atoms with E-state index in [4.69, 9.17) is 4.74 Å². The standard InChI is InChI=1S/C26H28N4O2/c27-17-18-2-1-3-19(14-18)24-16-21(15-20-8-9-28-25(20)24)26(31)29-22-4-6-23(7-5-22)30-10-12-32-13-11-30/h1-3,8-9,14-16,22-23,28H,4-7,10-13H2,(H,29,31). The Morgan fingerprint density at radius 3 is 2.69 bits per heavy atom. The summed E-state index contributed by atoms with van der Waals surface area (Å²) >= 11 is 0. The summed E-state index contributed by atoms with van der Waals surface area (Å²) in [6.45, 7) is 3.71. The van der Waals surface area contributed by atoms with Gasteiger partial charge in [-0.2, -0.15) is 5.26 Å². The number of morpholine rings is 1. The molecule has 3 aromatic rings. The van der Waals surface area contributed by atoms with Crippen LogP contribution >= 0.6 is 0 Å². The van der Waals surface area contributed by atoms with Gasteiger partial charge in [0.25, 0.3) is 5.91 Å². The predicted molar refractivity (Wildman–Crippen MR) is 124 cm³/mol. The van der Waals surface area contributed by atoms with Gasteiger partial charge in [0.1, 0.15) is 0 Å². The van der Waals surface area contributed by atoms with Crippen molar-refractivity contribution in [2.75, 3.05) is 26.3 Å². The fourth-order valence-electron chi connectivity index (χ4n) is 5.08. The van der Waals surface area contributed by atoms with E-state index in [1.165, 1.54) is 0 Å². The Morgan fingerprint density at radius 2 is 1.91 bits per heavy atom. The number of carbonyl (C=O) groups excluding carboxylic acids is 1. The van der Waals surface area contributed by atoms with Crippen LogP contribution in [0.5, 0.6) is 0 Å². The Labute approximate surface area is 188 Å². The number of hydrogen-bond donors (Lipinski definition) is 2. The molecular weight excluding hydrogens is 400 g/mol. The zero-order valence-electron chi connectivity index (χ0n) is 18.1. The molecule has 164 valence electrons. The van der Waals surface area contributed by atoms with Crippen molar-refractivity contribution in [3.05, 3.63) is 59.8 Å². The average molecular weight is 429 g/mol. The van der Waals surface area contributed by atoms with Crippen molar-refractivity contribution in [3.63, 3.8) is 0 Å². The molecule has 2 aromatic carbocycles. The molecule has 1 aromatic heterocycles. The van der Waals surface area contributed by atoms with Crippen molar-refractivity contribution in [1.82, 2.24) is 15.2 Å². The third kappa shape index (κ3) is 4.27. The molecule has 1 aliphatic carbocycles. The van der Waals surface area contributed by atoms with Crippen LogP contribution in [-0.2, 0) is 4.74 Å². The summed E-state index contributed by atoms with van der Waals surface area (Å²) in [7, 11) is 0. The van der Waals surface area contributed by atoms with Crippen molar-refractivity contribution in [1.29, 1.82) is 5.26 Å². The van der Waals surface area contributed by atoms with E-state index >= 15 is 0 Å². The van der Waals surface area contributed by atoms with Crippen LogP contribution in [0.1, 0.15) is 41.6 Å². The topological polar surface area (TPSA) is 81.2 Å². The first-order valence-electron chi connectivity index (χ1n) is 11.5. The first kappa shape index (κ1) is 20.7. The average Bonchev–Trinajstić information content (AvgIpc) is 3.33. The van der Waals surface area contributed by atoms with Gasteiger partial charge in [-0.15, -0.1) is 0 Å². The number of benzene rings is 2. The van der Waals surface area contributed by atoms with Crippen LogP contribution in [0.2, 0.25) is 0 Å². The minimum atomic E-state index is -0.0272. The van der Waals surface area contributed by atoms with Gasteiger partial charge in [-0.05, 0) is 61.6 Å². The number of nitriles is 1. The van der Waals surface area contributed by atoms with E-state index in [0.29, 0.717) is 17.2 Å². The van der Waals surface area contributed by atoms with Crippen molar-refractivity contribution >= 4 is 16.8 Å². The maximum absolute atomic E-state index is 13.2. The number of carbonyl (C=O) groups is 1. The molecule has 2 heterocycles. The highest BCUT2D eigenvalue weighted by Crippen LogP contribution is 2.30. The number of rotatable bonds is 4. The molecule has 6 nitrogen and oxygen atoms in total. The van der Waals surface area contributed by atoms with E-state index in [2.05, 4.69) is 21.3 Å². The fourth-order valence-corrected chi connectivity index (χ4v) is 5.08. The first-order chi connectivity index (χ1) is 15.7. The molecule has 0 spiro atoms. The summed E-state index contributed by atoms with van der Waals surface area (Å²) < 4.78 is 5.48. The lowest BCUT2D eigenvalue weighted by atomic mass is 9.89. The number of ether oxygens (including phenoxy) is 1. The second-order valence-corrected chi connectivity index (χ2v) is 8.79. The summed E-state index contributed by atoms with van der Waals surface area (Å²) in [5.74, 6) is -0.0272. The summed E-state index contributed by atoms with van der Waals surface area (Å²) in [6, 6.07) is 16.4. The highest BCUT2D eigenvalue weighted by molar-refractivity contribution is 6.03. The van der Waals surface area contributed by atoms with Gasteiger partial charge in [0.2, 0.25) is 0 Å². The lowest BCUT2D eigenvalue weighted by Crippen LogP contribution is -2.47. The largest absolute Gasteiger partial charge is 0.379 e. The third-order valence-electron chi connectivity index (χ3n) is 6.82. The van der Waals surface area contributed by atoms with Gasteiger partial charge in [0.15, 0.2) is 0 Å². The Morgan fingerprint density at radius 1 is 1.09 bits per heavy atom. The fraction of sp³-hybridized carbons (Fsp3) is 0.385. The number of H-pyrrole nitrogens is 1. The predicted octanol–water partition coefficient (Wildman–Crippen LogP) is 4.08. The molecule has 1 amide bonds. The Hall–Kier alpha value is -3.14. The van der Waals surface area contributed by atoms with Crippen LogP contribution in [-0.4, -0.2) is 54.2 Å². The highest BCUT2D eigenvalue weighted by Gasteiger charge is 2.28. The van der Waals surface area contributed by atoms with Gasteiger partial charge in [-0.25, -0.2) is 0 Å². The zero-order chi connectivity index (χ0) is 21.9. The smallest absolute Gasteiger partial charge is 0.251 e. The lowest BCUT2D eigenvalue weighted by Gasteiger charge is -2.38. The summed E-state index contributed by atoms with van der Waals surface area (Å²) in [5, 5.41) is 13.5. The van der Waals surface area contributed by atoms with Gasteiger partial charge < -0.3 is 15.0 Å². The third-order valence-corrected chi connectivity index (χ3v) is 6.82. The van der Waals surface area contributed by atoms with E-state index < -0.39 is 0 Å². The Balaban J connectivity index is 1.31. The molecule has 1 aliphatic heterocycles. The molecule has 1 saturated carbocycles. The van der Waals surface area contributed by atoms with Gasteiger partial charge in [0, 0.05) is 47.9 Å².